The van der Waals surface area contributed by atoms with Gasteiger partial charge in [-0.25, -0.2) is 4.39 Å². The Morgan fingerprint density at radius 3 is 2.42 bits per heavy atom. The highest BCUT2D eigenvalue weighted by Gasteiger charge is 2.43. The highest BCUT2D eigenvalue weighted by Crippen LogP contribution is 2.55. The zero-order valence-corrected chi connectivity index (χ0v) is 14.1. The normalized spacial score (nSPS) is 23.9. The maximum Gasteiger partial charge on any atom is 0.129 e. The molecule has 0 unspecified atom stereocenters. The molecule has 0 aromatic heterocycles. The van der Waals surface area contributed by atoms with Crippen LogP contribution >= 0.6 is 0 Å². The molecule has 2 aliphatic rings. The van der Waals surface area contributed by atoms with Crippen LogP contribution in [0.3, 0.4) is 0 Å². The van der Waals surface area contributed by atoms with E-state index in [0.717, 1.165) is 23.5 Å². The average Bonchev–Trinajstić information content (AvgIpc) is 3.43. The van der Waals surface area contributed by atoms with Crippen LogP contribution in [0.5, 0.6) is 5.75 Å². The first-order valence-electron chi connectivity index (χ1n) is 9.27. The van der Waals surface area contributed by atoms with Crippen LogP contribution in [0.4, 0.5) is 4.39 Å². The third-order valence-electron chi connectivity index (χ3n) is 5.76. The van der Waals surface area contributed by atoms with E-state index in [1.165, 1.54) is 50.2 Å². The summed E-state index contributed by atoms with van der Waals surface area (Å²) in [7, 11) is 0. The van der Waals surface area contributed by atoms with Crippen LogP contribution in [-0.4, -0.2) is 0 Å². The highest BCUT2D eigenvalue weighted by molar-refractivity contribution is 5.33. The summed E-state index contributed by atoms with van der Waals surface area (Å²) in [6.45, 7) is 0.278. The fourth-order valence-electron chi connectivity index (χ4n) is 4.27. The Hall–Kier alpha value is -1.83. The quantitative estimate of drug-likeness (QED) is 0.647. The highest BCUT2D eigenvalue weighted by atomic mass is 19.1. The summed E-state index contributed by atoms with van der Waals surface area (Å²) in [5.41, 5.74) is 2.05. The van der Waals surface area contributed by atoms with Crippen molar-refractivity contribution in [1.82, 2.24) is 0 Å². The van der Waals surface area contributed by atoms with Crippen molar-refractivity contribution >= 4 is 0 Å². The molecule has 2 aliphatic carbocycles. The van der Waals surface area contributed by atoms with Gasteiger partial charge in [0.15, 0.2) is 0 Å². The number of hydrogen-bond donors (Lipinski definition) is 0. The minimum atomic E-state index is -0.206. The summed E-state index contributed by atoms with van der Waals surface area (Å²) in [6, 6.07) is 15.2. The molecular formula is C22H25FO. The van der Waals surface area contributed by atoms with Gasteiger partial charge in [0.25, 0.3) is 0 Å². The predicted molar refractivity (Wildman–Crippen MR) is 94.6 cm³/mol. The van der Waals surface area contributed by atoms with Crippen molar-refractivity contribution in [3.8, 4) is 5.75 Å². The molecule has 2 atom stereocenters. The first kappa shape index (κ1) is 15.7. The molecule has 2 saturated carbocycles. The Balaban J connectivity index is 1.33. The zero-order valence-electron chi connectivity index (χ0n) is 14.1. The molecule has 24 heavy (non-hydrogen) atoms. The minimum absolute atomic E-state index is 0.206. The molecule has 2 aromatic rings. The summed E-state index contributed by atoms with van der Waals surface area (Å²) in [6.07, 6.45) is 8.52. The second kappa shape index (κ2) is 6.96. The van der Waals surface area contributed by atoms with Gasteiger partial charge in [0, 0.05) is 5.56 Å². The van der Waals surface area contributed by atoms with Crippen LogP contribution in [0.25, 0.3) is 0 Å². The number of ether oxygens (including phenoxy) is 1. The molecule has 2 fully saturated rings. The molecule has 0 spiro atoms. The number of halogens is 1. The molecule has 2 heteroatoms. The van der Waals surface area contributed by atoms with Crippen molar-refractivity contribution < 1.29 is 9.13 Å². The number of benzene rings is 2. The lowest BCUT2D eigenvalue weighted by molar-refractivity contribution is 0.299. The van der Waals surface area contributed by atoms with Crippen molar-refractivity contribution in [3.63, 3.8) is 0 Å². The van der Waals surface area contributed by atoms with Crippen molar-refractivity contribution in [2.45, 2.75) is 51.0 Å². The second-order valence-corrected chi connectivity index (χ2v) is 7.35. The van der Waals surface area contributed by atoms with Crippen molar-refractivity contribution in [2.75, 3.05) is 0 Å². The number of rotatable bonds is 5. The Labute approximate surface area is 143 Å². The molecule has 0 bridgehead atoms. The zero-order chi connectivity index (χ0) is 16.4. The largest absolute Gasteiger partial charge is 0.489 e. The van der Waals surface area contributed by atoms with E-state index >= 15 is 0 Å². The minimum Gasteiger partial charge on any atom is -0.489 e. The fraction of sp³-hybridized carbons (Fsp3) is 0.455. The maximum absolute atomic E-state index is 13.6. The molecule has 1 nitrogen and oxygen atoms in total. The Morgan fingerprint density at radius 2 is 1.67 bits per heavy atom. The van der Waals surface area contributed by atoms with E-state index in [9.17, 15) is 4.39 Å². The van der Waals surface area contributed by atoms with Gasteiger partial charge in [-0.3, -0.25) is 0 Å². The van der Waals surface area contributed by atoms with E-state index in [2.05, 4.69) is 12.1 Å². The van der Waals surface area contributed by atoms with Gasteiger partial charge in [-0.1, -0.05) is 62.4 Å². The van der Waals surface area contributed by atoms with E-state index in [-0.39, 0.29) is 12.4 Å². The molecule has 2 aromatic carbocycles. The third kappa shape index (κ3) is 3.48. The molecule has 0 aliphatic heterocycles. The van der Waals surface area contributed by atoms with E-state index < -0.39 is 0 Å². The van der Waals surface area contributed by atoms with Crippen LogP contribution in [-0.2, 0) is 6.61 Å². The molecule has 0 saturated heterocycles. The second-order valence-electron chi connectivity index (χ2n) is 7.35. The van der Waals surface area contributed by atoms with Gasteiger partial charge in [-0.2, -0.15) is 0 Å². The summed E-state index contributed by atoms with van der Waals surface area (Å²) in [5.74, 6) is 3.24. The van der Waals surface area contributed by atoms with Crippen LogP contribution in [0.2, 0.25) is 0 Å². The molecular weight excluding hydrogens is 299 g/mol. The van der Waals surface area contributed by atoms with Crippen molar-refractivity contribution in [2.24, 2.45) is 11.8 Å². The van der Waals surface area contributed by atoms with Crippen LogP contribution < -0.4 is 4.74 Å². The SMILES string of the molecule is Fc1ccccc1COc1ccc([C@H]2C[C@@H]2C2CCCCC2)cc1. The van der Waals surface area contributed by atoms with E-state index in [4.69, 9.17) is 4.74 Å². The molecule has 0 radical (unpaired) electrons. The van der Waals surface area contributed by atoms with Gasteiger partial charge in [0.05, 0.1) is 0 Å². The van der Waals surface area contributed by atoms with Gasteiger partial charge in [0.1, 0.15) is 18.2 Å². The topological polar surface area (TPSA) is 9.23 Å². The van der Waals surface area contributed by atoms with Crippen LogP contribution in [0, 0.1) is 17.7 Å². The van der Waals surface area contributed by atoms with E-state index in [1.54, 1.807) is 12.1 Å². The molecule has 4 rings (SSSR count). The standard InChI is InChI=1S/C22H25FO/c23-22-9-5-4-8-18(22)15-24-19-12-10-17(11-13-19)21-14-20(21)16-6-2-1-3-7-16/h4-5,8-13,16,20-21H,1-3,6-7,14-15H2/t20-,21-/m1/s1. The molecule has 126 valence electrons. The van der Waals surface area contributed by atoms with Gasteiger partial charge in [0.2, 0.25) is 0 Å². The Kier molecular flexibility index (Phi) is 4.55. The number of hydrogen-bond acceptors (Lipinski definition) is 1. The average molecular weight is 324 g/mol. The lowest BCUT2D eigenvalue weighted by Crippen LogP contribution is -2.09. The molecule has 0 amide bonds. The fourth-order valence-corrected chi connectivity index (χ4v) is 4.27. The first-order valence-corrected chi connectivity index (χ1v) is 9.27. The lowest BCUT2D eigenvalue weighted by atomic mass is 9.84. The van der Waals surface area contributed by atoms with Gasteiger partial charge >= 0.3 is 0 Å². The maximum atomic E-state index is 13.6. The predicted octanol–water partition coefficient (Wildman–Crippen LogP) is 6.09. The van der Waals surface area contributed by atoms with Gasteiger partial charge < -0.3 is 4.74 Å². The monoisotopic (exact) mass is 324 g/mol. The van der Waals surface area contributed by atoms with Crippen molar-refractivity contribution in [1.29, 1.82) is 0 Å². The summed E-state index contributed by atoms with van der Waals surface area (Å²) in [4.78, 5) is 0. The summed E-state index contributed by atoms with van der Waals surface area (Å²) < 4.78 is 19.3. The van der Waals surface area contributed by atoms with Crippen LogP contribution in [0.15, 0.2) is 48.5 Å². The van der Waals surface area contributed by atoms with Crippen LogP contribution in [0.1, 0.15) is 55.6 Å². The van der Waals surface area contributed by atoms with Gasteiger partial charge in [-0.15, -0.1) is 0 Å². The lowest BCUT2D eigenvalue weighted by Gasteiger charge is -2.21. The molecule has 0 heterocycles. The summed E-state index contributed by atoms with van der Waals surface area (Å²) >= 11 is 0. The first-order chi connectivity index (χ1) is 11.8. The van der Waals surface area contributed by atoms with E-state index in [0.29, 0.717) is 5.56 Å². The Bertz CT molecular complexity index is 673. The van der Waals surface area contributed by atoms with Gasteiger partial charge in [-0.05, 0) is 47.9 Å². The smallest absolute Gasteiger partial charge is 0.129 e. The van der Waals surface area contributed by atoms with Crippen molar-refractivity contribution in [3.05, 3.63) is 65.5 Å². The van der Waals surface area contributed by atoms with E-state index in [1.807, 2.05) is 18.2 Å². The molecule has 0 N–H and O–H groups in total. The summed E-state index contributed by atoms with van der Waals surface area (Å²) in [5, 5.41) is 0. The Morgan fingerprint density at radius 1 is 0.917 bits per heavy atom. The third-order valence-corrected chi connectivity index (χ3v) is 5.76.